The number of halogens is 2. The Morgan fingerprint density at radius 2 is 2.40 bits per heavy atom. The van der Waals surface area contributed by atoms with Crippen molar-refractivity contribution in [2.75, 3.05) is 7.11 Å². The molecule has 0 saturated carbocycles. The van der Waals surface area contributed by atoms with Gasteiger partial charge in [-0.3, -0.25) is 0 Å². The van der Waals surface area contributed by atoms with Crippen molar-refractivity contribution in [1.82, 2.24) is 0 Å². The topological polar surface area (TPSA) is 9.23 Å². The molecule has 0 aromatic heterocycles. The summed E-state index contributed by atoms with van der Waals surface area (Å²) in [7, 11) is 1.38. The van der Waals surface area contributed by atoms with E-state index in [4.69, 9.17) is 11.6 Å². The van der Waals surface area contributed by atoms with Crippen LogP contribution in [0.5, 0.6) is 5.75 Å². The van der Waals surface area contributed by atoms with Gasteiger partial charge in [0.1, 0.15) is 0 Å². The van der Waals surface area contributed by atoms with E-state index in [2.05, 4.69) is 10.8 Å². The van der Waals surface area contributed by atoms with Gasteiger partial charge in [0, 0.05) is 12.1 Å². The third kappa shape index (κ3) is 1.39. The molecule has 1 radical (unpaired) electrons. The molecule has 3 heteroatoms. The first-order valence-electron chi connectivity index (χ1n) is 2.65. The molecule has 0 fully saturated rings. The number of benzene rings is 1. The fraction of sp³-hybridized carbons (Fsp3) is 0.143. The van der Waals surface area contributed by atoms with Gasteiger partial charge in [-0.25, -0.2) is 4.39 Å². The molecular formula is C7H5ClFO. The summed E-state index contributed by atoms with van der Waals surface area (Å²) in [6.07, 6.45) is 0. The lowest BCUT2D eigenvalue weighted by atomic mass is 10.3. The quantitative estimate of drug-likeness (QED) is 0.611. The van der Waals surface area contributed by atoms with Crippen LogP contribution >= 0.6 is 11.6 Å². The molecule has 1 rings (SSSR count). The standard InChI is InChI=1S/C7H5ClFO/c1-10-7-4-5(8)2-3-6(7)9/h3-4H,1H3. The Bertz CT molecular complexity index is 237. The van der Waals surface area contributed by atoms with Crippen LogP contribution in [0.4, 0.5) is 4.39 Å². The van der Waals surface area contributed by atoms with Crippen LogP contribution in [0.25, 0.3) is 0 Å². The van der Waals surface area contributed by atoms with Crippen LogP contribution in [-0.4, -0.2) is 7.11 Å². The van der Waals surface area contributed by atoms with E-state index in [0.29, 0.717) is 5.02 Å². The zero-order valence-corrected chi connectivity index (χ0v) is 6.07. The first-order chi connectivity index (χ1) is 4.74. The fourth-order valence-electron chi connectivity index (χ4n) is 0.586. The van der Waals surface area contributed by atoms with E-state index < -0.39 is 5.82 Å². The zero-order valence-electron chi connectivity index (χ0n) is 5.32. The van der Waals surface area contributed by atoms with Crippen LogP contribution in [-0.2, 0) is 0 Å². The molecule has 10 heavy (non-hydrogen) atoms. The lowest BCUT2D eigenvalue weighted by Crippen LogP contribution is -1.86. The van der Waals surface area contributed by atoms with Crippen LogP contribution in [0.15, 0.2) is 12.1 Å². The lowest BCUT2D eigenvalue weighted by Gasteiger charge is -1.99. The van der Waals surface area contributed by atoms with Gasteiger partial charge in [-0.15, -0.1) is 0 Å². The summed E-state index contributed by atoms with van der Waals surface area (Å²) in [6, 6.07) is 5.00. The second kappa shape index (κ2) is 2.88. The van der Waals surface area contributed by atoms with Gasteiger partial charge in [-0.1, -0.05) is 11.6 Å². The van der Waals surface area contributed by atoms with E-state index in [1.807, 2.05) is 0 Å². The van der Waals surface area contributed by atoms with E-state index in [0.717, 1.165) is 6.07 Å². The van der Waals surface area contributed by atoms with Crippen LogP contribution in [0.1, 0.15) is 0 Å². The van der Waals surface area contributed by atoms with Crippen LogP contribution < -0.4 is 4.74 Å². The predicted octanol–water partition coefficient (Wildman–Crippen LogP) is 2.29. The fourth-order valence-corrected chi connectivity index (χ4v) is 0.739. The maximum absolute atomic E-state index is 12.6. The summed E-state index contributed by atoms with van der Waals surface area (Å²) in [6.45, 7) is 0. The van der Waals surface area contributed by atoms with E-state index in [9.17, 15) is 4.39 Å². The minimum atomic E-state index is -0.452. The third-order valence-electron chi connectivity index (χ3n) is 1.05. The van der Waals surface area contributed by atoms with Crippen LogP contribution in [0, 0.1) is 11.9 Å². The molecule has 0 saturated heterocycles. The number of rotatable bonds is 1. The van der Waals surface area contributed by atoms with Crippen molar-refractivity contribution >= 4 is 11.6 Å². The number of ether oxygens (including phenoxy) is 1. The molecule has 0 heterocycles. The van der Waals surface area contributed by atoms with Crippen LogP contribution in [0.2, 0.25) is 5.02 Å². The van der Waals surface area contributed by atoms with Crippen molar-refractivity contribution in [3.8, 4) is 5.75 Å². The molecule has 0 aliphatic rings. The number of hydrogen-bond donors (Lipinski definition) is 0. The van der Waals surface area contributed by atoms with Gasteiger partial charge < -0.3 is 4.74 Å². The smallest absolute Gasteiger partial charge is 0.165 e. The molecule has 0 unspecified atom stereocenters. The van der Waals surface area contributed by atoms with Crippen molar-refractivity contribution in [3.05, 3.63) is 29.0 Å². The van der Waals surface area contributed by atoms with Gasteiger partial charge in [-0.2, -0.15) is 0 Å². The Morgan fingerprint density at radius 3 is 2.90 bits per heavy atom. The van der Waals surface area contributed by atoms with Crippen molar-refractivity contribution in [2.24, 2.45) is 0 Å². The number of hydrogen-bond acceptors (Lipinski definition) is 1. The lowest BCUT2D eigenvalue weighted by molar-refractivity contribution is 0.386. The maximum Gasteiger partial charge on any atom is 0.165 e. The van der Waals surface area contributed by atoms with Gasteiger partial charge in [0.05, 0.1) is 12.1 Å². The average molecular weight is 160 g/mol. The SMILES string of the molecule is COc1cc(Cl)[c]cc1F. The van der Waals surface area contributed by atoms with E-state index in [-0.39, 0.29) is 5.75 Å². The second-order valence-electron chi connectivity index (χ2n) is 1.70. The van der Waals surface area contributed by atoms with Crippen molar-refractivity contribution < 1.29 is 9.13 Å². The highest BCUT2D eigenvalue weighted by Gasteiger charge is 2.00. The summed E-state index contributed by atoms with van der Waals surface area (Å²) in [5.41, 5.74) is 0. The summed E-state index contributed by atoms with van der Waals surface area (Å²) in [5, 5.41) is 0.346. The Balaban J connectivity index is 3.09. The molecule has 1 nitrogen and oxygen atoms in total. The van der Waals surface area contributed by atoms with Crippen molar-refractivity contribution in [2.45, 2.75) is 0 Å². The average Bonchev–Trinajstić information content (AvgIpc) is 1.94. The summed E-state index contributed by atoms with van der Waals surface area (Å²) >= 11 is 5.49. The molecule has 0 amide bonds. The van der Waals surface area contributed by atoms with Gasteiger partial charge >= 0.3 is 0 Å². The highest BCUT2D eigenvalue weighted by Crippen LogP contribution is 2.20. The Labute approximate surface area is 63.4 Å². The van der Waals surface area contributed by atoms with Gasteiger partial charge in [0.2, 0.25) is 0 Å². The monoisotopic (exact) mass is 159 g/mol. The van der Waals surface area contributed by atoms with E-state index >= 15 is 0 Å². The van der Waals surface area contributed by atoms with Gasteiger partial charge in [0.25, 0.3) is 0 Å². The largest absolute Gasteiger partial charge is 0.494 e. The molecule has 53 valence electrons. The molecule has 1 aromatic carbocycles. The molecule has 0 aliphatic heterocycles. The van der Waals surface area contributed by atoms with E-state index in [1.165, 1.54) is 13.2 Å². The predicted molar refractivity (Wildman–Crippen MR) is 36.8 cm³/mol. The zero-order chi connectivity index (χ0) is 7.56. The second-order valence-corrected chi connectivity index (χ2v) is 2.10. The summed E-state index contributed by atoms with van der Waals surface area (Å²) in [4.78, 5) is 0. The van der Waals surface area contributed by atoms with Crippen LogP contribution in [0.3, 0.4) is 0 Å². The Morgan fingerprint density at radius 1 is 1.70 bits per heavy atom. The minimum Gasteiger partial charge on any atom is -0.494 e. The van der Waals surface area contributed by atoms with Gasteiger partial charge in [0.15, 0.2) is 11.6 Å². The van der Waals surface area contributed by atoms with Gasteiger partial charge in [-0.05, 0) is 6.07 Å². The molecule has 1 aromatic rings. The summed E-state index contributed by atoms with van der Waals surface area (Å²) in [5.74, 6) is -0.310. The maximum atomic E-state index is 12.6. The molecule has 0 N–H and O–H groups in total. The minimum absolute atomic E-state index is 0.142. The highest BCUT2D eigenvalue weighted by atomic mass is 35.5. The Hall–Kier alpha value is -0.760. The van der Waals surface area contributed by atoms with Crippen molar-refractivity contribution in [3.63, 3.8) is 0 Å². The molecule has 0 bridgehead atoms. The summed E-state index contributed by atoms with van der Waals surface area (Å²) < 4.78 is 17.2. The first-order valence-corrected chi connectivity index (χ1v) is 3.02. The first kappa shape index (κ1) is 7.35. The Kier molecular flexibility index (Phi) is 2.12. The molecule has 0 aliphatic carbocycles. The normalized spacial score (nSPS) is 9.50. The van der Waals surface area contributed by atoms with E-state index in [1.54, 1.807) is 0 Å². The highest BCUT2D eigenvalue weighted by molar-refractivity contribution is 6.30. The molecule has 0 spiro atoms. The third-order valence-corrected chi connectivity index (χ3v) is 1.27. The molecular weight excluding hydrogens is 155 g/mol. The molecule has 0 atom stereocenters. The van der Waals surface area contributed by atoms with Crippen molar-refractivity contribution in [1.29, 1.82) is 0 Å². The number of methoxy groups -OCH3 is 1.